The Bertz CT molecular complexity index is 2120. The highest BCUT2D eigenvalue weighted by molar-refractivity contribution is 6.20. The van der Waals surface area contributed by atoms with Crippen molar-refractivity contribution in [2.75, 3.05) is 10.2 Å². The molecule has 0 spiro atoms. The predicted molar refractivity (Wildman–Crippen MR) is 172 cm³/mol. The third-order valence-electron chi connectivity index (χ3n) is 8.19. The van der Waals surface area contributed by atoms with Gasteiger partial charge in [-0.3, -0.25) is 14.9 Å². The summed E-state index contributed by atoms with van der Waals surface area (Å²) >= 11 is 0. The Morgan fingerprint density at radius 1 is 0.886 bits per heavy atom. The van der Waals surface area contributed by atoms with E-state index in [2.05, 4.69) is 10.3 Å². The topological polar surface area (TPSA) is 118 Å². The Morgan fingerprint density at radius 3 is 2.45 bits per heavy atom. The molecule has 0 saturated heterocycles. The van der Waals surface area contributed by atoms with E-state index in [1.807, 2.05) is 96.8 Å². The van der Waals surface area contributed by atoms with E-state index in [9.17, 15) is 14.4 Å². The van der Waals surface area contributed by atoms with Crippen molar-refractivity contribution < 1.29 is 19.1 Å². The number of primary amides is 1. The molecule has 44 heavy (non-hydrogen) atoms. The van der Waals surface area contributed by atoms with Gasteiger partial charge >= 0.3 is 6.09 Å². The number of H-pyrrole nitrogens is 1. The maximum Gasteiger partial charge on any atom is 0.411 e. The van der Waals surface area contributed by atoms with Gasteiger partial charge < -0.3 is 20.4 Å². The summed E-state index contributed by atoms with van der Waals surface area (Å²) in [6, 6.07) is 32.2. The van der Waals surface area contributed by atoms with E-state index in [1.165, 1.54) is 0 Å². The van der Waals surface area contributed by atoms with E-state index in [0.717, 1.165) is 55.4 Å². The zero-order valence-corrected chi connectivity index (χ0v) is 23.9. The van der Waals surface area contributed by atoms with Crippen LogP contribution in [0.2, 0.25) is 0 Å². The number of nitrogens with one attached hydrogen (secondary N) is 2. The number of fused-ring (bicyclic) bond motifs is 4. The van der Waals surface area contributed by atoms with Crippen molar-refractivity contribution in [3.05, 3.63) is 131 Å². The van der Waals surface area contributed by atoms with E-state index in [1.54, 1.807) is 18.2 Å². The highest BCUT2D eigenvalue weighted by Crippen LogP contribution is 2.41. The fourth-order valence-electron chi connectivity index (χ4n) is 6.05. The van der Waals surface area contributed by atoms with E-state index in [4.69, 9.17) is 10.5 Å². The molecule has 1 aromatic heterocycles. The number of nitrogens with zero attached hydrogens (tertiary/aromatic N) is 1. The van der Waals surface area contributed by atoms with Crippen LogP contribution < -0.4 is 16.0 Å². The number of hydrogen-bond donors (Lipinski definition) is 3. The Hall–Kier alpha value is -5.89. The molecule has 1 aliphatic rings. The minimum Gasteiger partial charge on any atom is -0.444 e. The van der Waals surface area contributed by atoms with Crippen LogP contribution in [0.4, 0.5) is 16.2 Å². The van der Waals surface area contributed by atoms with Gasteiger partial charge in [-0.2, -0.15) is 0 Å². The molecule has 0 atom stereocenters. The number of aromatic nitrogens is 1. The van der Waals surface area contributed by atoms with Gasteiger partial charge in [-0.15, -0.1) is 0 Å². The van der Waals surface area contributed by atoms with E-state index >= 15 is 0 Å². The molecule has 8 nitrogen and oxygen atoms in total. The molecule has 4 N–H and O–H groups in total. The van der Waals surface area contributed by atoms with Crippen molar-refractivity contribution in [1.29, 1.82) is 0 Å². The average molecular weight is 581 g/mol. The first kappa shape index (κ1) is 27.0. The number of rotatable bonds is 6. The summed E-state index contributed by atoms with van der Waals surface area (Å²) in [5.41, 5.74) is 14.2. The summed E-state index contributed by atoms with van der Waals surface area (Å²) in [6.45, 7) is 2.67. The second-order valence-corrected chi connectivity index (χ2v) is 10.8. The van der Waals surface area contributed by atoms with Gasteiger partial charge in [0.1, 0.15) is 6.61 Å². The molecule has 0 bridgehead atoms. The van der Waals surface area contributed by atoms with Crippen molar-refractivity contribution in [3.8, 4) is 11.1 Å². The van der Waals surface area contributed by atoms with Gasteiger partial charge in [0.15, 0.2) is 0 Å². The molecular weight excluding hydrogens is 552 g/mol. The molecule has 216 valence electrons. The van der Waals surface area contributed by atoms with Crippen molar-refractivity contribution in [2.24, 2.45) is 5.73 Å². The highest BCUT2D eigenvalue weighted by Gasteiger charge is 2.29. The van der Waals surface area contributed by atoms with Crippen molar-refractivity contribution in [3.63, 3.8) is 0 Å². The summed E-state index contributed by atoms with van der Waals surface area (Å²) in [5.74, 6) is -0.577. The van der Waals surface area contributed by atoms with Crippen LogP contribution in [0.5, 0.6) is 0 Å². The zero-order valence-electron chi connectivity index (χ0n) is 23.9. The van der Waals surface area contributed by atoms with Crippen LogP contribution in [-0.2, 0) is 17.9 Å². The van der Waals surface area contributed by atoms with Gasteiger partial charge in [0, 0.05) is 33.2 Å². The average Bonchev–Trinajstić information content (AvgIpc) is 3.58. The standard InChI is InChI=1S/C36H28N4O4/c1-21-25(12-7-13-31(21)40-19-23-10-5-6-11-26(23)35(40)42)27-16-17-29(34(37)41)33-32(27)28-15-14-24(18-30(28)39-33)38-36(43)44-20-22-8-3-2-4-9-22/h2-18,39H,19-20H2,1H3,(H2,37,41)(H,38,43). The lowest BCUT2D eigenvalue weighted by atomic mass is 9.93. The third kappa shape index (κ3) is 4.62. The lowest BCUT2D eigenvalue weighted by molar-refractivity contribution is 0.0990. The molecule has 2 heterocycles. The summed E-state index contributed by atoms with van der Waals surface area (Å²) < 4.78 is 5.38. The first-order valence-electron chi connectivity index (χ1n) is 14.2. The third-order valence-corrected chi connectivity index (χ3v) is 8.19. The highest BCUT2D eigenvalue weighted by atomic mass is 16.5. The fourth-order valence-corrected chi connectivity index (χ4v) is 6.05. The summed E-state index contributed by atoms with van der Waals surface area (Å²) in [7, 11) is 0. The smallest absolute Gasteiger partial charge is 0.411 e. The molecular formula is C36H28N4O4. The lowest BCUT2D eigenvalue weighted by Crippen LogP contribution is -2.24. The minimum atomic E-state index is -0.575. The first-order chi connectivity index (χ1) is 21.4. The van der Waals surface area contributed by atoms with Gasteiger partial charge in [-0.25, -0.2) is 4.79 Å². The number of nitrogens with two attached hydrogens (primary N) is 1. The molecule has 0 aliphatic carbocycles. The number of aromatic amines is 1. The van der Waals surface area contributed by atoms with Gasteiger partial charge in [0.25, 0.3) is 11.8 Å². The Balaban J connectivity index is 1.27. The largest absolute Gasteiger partial charge is 0.444 e. The summed E-state index contributed by atoms with van der Waals surface area (Å²) in [5, 5.41) is 4.46. The van der Waals surface area contributed by atoms with Crippen molar-refractivity contribution in [1.82, 2.24) is 4.98 Å². The maximum atomic E-state index is 13.3. The number of carbonyl (C=O) groups excluding carboxylic acids is 3. The van der Waals surface area contributed by atoms with Gasteiger partial charge in [-0.1, -0.05) is 72.8 Å². The molecule has 0 saturated carbocycles. The second-order valence-electron chi connectivity index (χ2n) is 10.8. The Morgan fingerprint density at radius 2 is 1.66 bits per heavy atom. The van der Waals surface area contributed by atoms with Gasteiger partial charge in [0.05, 0.1) is 17.6 Å². The molecule has 1 aliphatic heterocycles. The van der Waals surface area contributed by atoms with Crippen LogP contribution in [0.1, 0.15) is 37.4 Å². The normalized spacial score (nSPS) is 12.5. The van der Waals surface area contributed by atoms with Gasteiger partial charge in [-0.05, 0) is 65.1 Å². The molecule has 7 rings (SSSR count). The predicted octanol–water partition coefficient (Wildman–Crippen LogP) is 7.30. The monoisotopic (exact) mass is 580 g/mol. The molecule has 0 radical (unpaired) electrons. The first-order valence-corrected chi connectivity index (χ1v) is 14.2. The van der Waals surface area contributed by atoms with Crippen LogP contribution in [0.15, 0.2) is 103 Å². The zero-order chi connectivity index (χ0) is 30.4. The maximum absolute atomic E-state index is 13.3. The lowest BCUT2D eigenvalue weighted by Gasteiger charge is -2.21. The molecule has 3 amide bonds. The summed E-state index contributed by atoms with van der Waals surface area (Å²) in [6.07, 6.45) is -0.575. The molecule has 0 fully saturated rings. The number of hydrogen-bond acceptors (Lipinski definition) is 4. The number of anilines is 2. The number of ether oxygens (including phenoxy) is 1. The second kappa shape index (κ2) is 10.7. The van der Waals surface area contributed by atoms with Gasteiger partial charge in [0.2, 0.25) is 0 Å². The summed E-state index contributed by atoms with van der Waals surface area (Å²) in [4.78, 5) is 43.5. The number of benzene rings is 5. The van der Waals surface area contributed by atoms with Crippen LogP contribution in [0.25, 0.3) is 32.9 Å². The molecule has 6 aromatic rings. The number of carbonyl (C=O) groups is 3. The van der Waals surface area contributed by atoms with E-state index in [0.29, 0.717) is 23.3 Å². The minimum absolute atomic E-state index is 0.0236. The van der Waals surface area contributed by atoms with Crippen LogP contribution in [-0.4, -0.2) is 22.9 Å². The fraction of sp³-hybridized carbons (Fsp3) is 0.0833. The Labute approximate surface area is 253 Å². The molecule has 5 aromatic carbocycles. The van der Waals surface area contributed by atoms with Crippen molar-refractivity contribution in [2.45, 2.75) is 20.1 Å². The van der Waals surface area contributed by atoms with Crippen molar-refractivity contribution >= 4 is 51.1 Å². The van der Waals surface area contributed by atoms with Crippen LogP contribution in [0, 0.1) is 6.92 Å². The number of amides is 3. The van der Waals surface area contributed by atoms with Crippen LogP contribution in [0.3, 0.4) is 0 Å². The molecule has 0 unspecified atom stereocenters. The molecule has 8 heteroatoms. The van der Waals surface area contributed by atoms with E-state index < -0.39 is 12.0 Å². The quantitative estimate of drug-likeness (QED) is 0.192. The SMILES string of the molecule is Cc1c(-c2ccc(C(N)=O)c3[nH]c4cc(NC(=O)OCc5ccccc5)ccc4c23)cccc1N1Cc2ccccc2C1=O. The Kier molecular flexibility index (Phi) is 6.59. The van der Waals surface area contributed by atoms with E-state index in [-0.39, 0.29) is 12.5 Å². The van der Waals surface area contributed by atoms with Crippen LogP contribution >= 0.6 is 0 Å².